The van der Waals surface area contributed by atoms with Crippen molar-refractivity contribution in [1.29, 1.82) is 5.26 Å². The summed E-state index contributed by atoms with van der Waals surface area (Å²) >= 11 is 0. The van der Waals surface area contributed by atoms with Crippen LogP contribution in [0.2, 0.25) is 0 Å². The summed E-state index contributed by atoms with van der Waals surface area (Å²) in [5.41, 5.74) is 2.39. The van der Waals surface area contributed by atoms with Crippen LogP contribution in [0.4, 0.5) is 5.69 Å². The van der Waals surface area contributed by atoms with Gasteiger partial charge in [-0.05, 0) is 49.4 Å². The molecular formula is C34H31N7O5S. The third-order valence-corrected chi connectivity index (χ3v) is 9.83. The molecule has 1 aliphatic heterocycles. The molecule has 0 radical (unpaired) electrons. The van der Waals surface area contributed by atoms with Gasteiger partial charge in [-0.15, -0.1) is 0 Å². The first-order valence-corrected chi connectivity index (χ1v) is 16.2. The van der Waals surface area contributed by atoms with Crippen LogP contribution < -0.4 is 10.9 Å². The Balaban J connectivity index is 1.40. The minimum absolute atomic E-state index is 0.0451. The monoisotopic (exact) mass is 649 g/mol. The second kappa shape index (κ2) is 13.1. The van der Waals surface area contributed by atoms with E-state index in [-0.39, 0.29) is 29.2 Å². The highest BCUT2D eigenvalue weighted by Crippen LogP contribution is 2.29. The van der Waals surface area contributed by atoms with E-state index in [0.29, 0.717) is 41.4 Å². The number of amides is 1. The number of morpholine rings is 1. The van der Waals surface area contributed by atoms with Crippen LogP contribution in [0.3, 0.4) is 0 Å². The first-order chi connectivity index (χ1) is 22.7. The fourth-order valence-corrected chi connectivity index (χ4v) is 6.82. The maximum Gasteiger partial charge on any atom is 0.295 e. The molecule has 1 amide bonds. The number of anilines is 1. The Bertz CT molecular complexity index is 2190. The third-order valence-electron chi connectivity index (χ3n) is 7.94. The molecule has 0 atom stereocenters. The van der Waals surface area contributed by atoms with Crippen molar-refractivity contribution in [3.8, 4) is 28.7 Å². The molecule has 238 valence electrons. The van der Waals surface area contributed by atoms with Gasteiger partial charge in [-0.25, -0.2) is 17.8 Å². The zero-order chi connectivity index (χ0) is 33.1. The van der Waals surface area contributed by atoms with E-state index in [2.05, 4.69) is 5.32 Å². The Morgan fingerprint density at radius 3 is 2.30 bits per heavy atom. The molecule has 13 heteroatoms. The topological polar surface area (TPSA) is 144 Å². The number of para-hydroxylation sites is 2. The van der Waals surface area contributed by atoms with Crippen LogP contribution in [-0.4, -0.2) is 64.1 Å². The Morgan fingerprint density at radius 1 is 0.979 bits per heavy atom. The van der Waals surface area contributed by atoms with Crippen LogP contribution >= 0.6 is 0 Å². The number of hydrogen-bond donors (Lipinski definition) is 1. The van der Waals surface area contributed by atoms with E-state index in [1.54, 1.807) is 65.9 Å². The van der Waals surface area contributed by atoms with E-state index >= 15 is 0 Å². The smallest absolute Gasteiger partial charge is 0.295 e. The summed E-state index contributed by atoms with van der Waals surface area (Å²) in [6.07, 6.45) is 3.04. The van der Waals surface area contributed by atoms with Gasteiger partial charge in [0.05, 0.1) is 35.2 Å². The van der Waals surface area contributed by atoms with Crippen molar-refractivity contribution >= 4 is 27.7 Å². The molecule has 1 fully saturated rings. The lowest BCUT2D eigenvalue weighted by atomic mass is 10.1. The molecule has 0 saturated carbocycles. The van der Waals surface area contributed by atoms with Crippen molar-refractivity contribution in [2.75, 3.05) is 31.6 Å². The second-order valence-corrected chi connectivity index (χ2v) is 12.8. The quantitative estimate of drug-likeness (QED) is 0.198. The molecule has 3 heterocycles. The second-order valence-electron chi connectivity index (χ2n) is 10.8. The fraction of sp³-hybridized carbons (Fsp3) is 0.176. The van der Waals surface area contributed by atoms with Crippen molar-refractivity contribution in [2.24, 2.45) is 7.05 Å². The molecule has 12 nitrogen and oxygen atoms in total. The lowest BCUT2D eigenvalue weighted by Gasteiger charge is -2.26. The number of carbonyl (C=O) groups excluding carboxylic acids is 1. The fourth-order valence-electron chi connectivity index (χ4n) is 5.37. The highest BCUT2D eigenvalue weighted by molar-refractivity contribution is 7.89. The van der Waals surface area contributed by atoms with Crippen LogP contribution in [0.15, 0.2) is 106 Å². The van der Waals surface area contributed by atoms with Gasteiger partial charge in [-0.2, -0.15) is 14.7 Å². The van der Waals surface area contributed by atoms with Gasteiger partial charge in [0.2, 0.25) is 10.0 Å². The predicted octanol–water partition coefficient (Wildman–Crippen LogP) is 3.90. The number of rotatable bonds is 8. The predicted molar refractivity (Wildman–Crippen MR) is 177 cm³/mol. The van der Waals surface area contributed by atoms with Gasteiger partial charge in [0.1, 0.15) is 23.0 Å². The third kappa shape index (κ3) is 6.17. The first-order valence-electron chi connectivity index (χ1n) is 14.8. The molecule has 1 aliphatic rings. The van der Waals surface area contributed by atoms with Gasteiger partial charge < -0.3 is 10.1 Å². The Hall–Kier alpha value is -5.55. The Morgan fingerprint density at radius 2 is 1.64 bits per heavy atom. The molecule has 5 aromatic rings. The van der Waals surface area contributed by atoms with Crippen LogP contribution in [-0.2, 0) is 26.6 Å². The number of sulfonamides is 1. The summed E-state index contributed by atoms with van der Waals surface area (Å²) in [6.45, 7) is 2.84. The van der Waals surface area contributed by atoms with Gasteiger partial charge in [-0.1, -0.05) is 48.5 Å². The van der Waals surface area contributed by atoms with Crippen molar-refractivity contribution in [2.45, 2.75) is 11.8 Å². The molecule has 0 bridgehead atoms. The van der Waals surface area contributed by atoms with Crippen LogP contribution in [0, 0.1) is 18.3 Å². The van der Waals surface area contributed by atoms with Crippen molar-refractivity contribution in [3.63, 3.8) is 0 Å². The summed E-state index contributed by atoms with van der Waals surface area (Å²) < 4.78 is 38.3. The maximum absolute atomic E-state index is 13.5. The van der Waals surface area contributed by atoms with E-state index in [9.17, 15) is 23.3 Å². The SMILES string of the molecule is Cc1c(NC(=O)C(C#N)=Cc2cn(-c3ccccc3)nc2-c2cccc(S(=O)(=O)N3CCOCC3)c2)c(=O)n(-c2ccccc2)n1C. The molecule has 2 aromatic heterocycles. The van der Waals surface area contributed by atoms with E-state index in [4.69, 9.17) is 9.84 Å². The molecular weight excluding hydrogens is 618 g/mol. The Labute approximate surface area is 271 Å². The number of nitrogens with zero attached hydrogens (tertiary/aromatic N) is 6. The number of hydrogen-bond acceptors (Lipinski definition) is 7. The van der Waals surface area contributed by atoms with E-state index in [0.717, 1.165) is 5.69 Å². The molecule has 3 aromatic carbocycles. The normalized spacial score (nSPS) is 14.1. The van der Waals surface area contributed by atoms with Gasteiger partial charge in [0.25, 0.3) is 11.5 Å². The molecule has 1 N–H and O–H groups in total. The van der Waals surface area contributed by atoms with Gasteiger partial charge in [0, 0.05) is 37.5 Å². The number of benzene rings is 3. The number of carbonyl (C=O) groups is 1. The summed E-state index contributed by atoms with van der Waals surface area (Å²) in [6, 6.07) is 26.6. The minimum atomic E-state index is -3.80. The number of nitriles is 1. The van der Waals surface area contributed by atoms with Crippen molar-refractivity contribution in [3.05, 3.63) is 118 Å². The largest absolute Gasteiger partial charge is 0.379 e. The van der Waals surface area contributed by atoms with Crippen LogP contribution in [0.1, 0.15) is 11.3 Å². The lowest BCUT2D eigenvalue weighted by Crippen LogP contribution is -2.40. The van der Waals surface area contributed by atoms with Gasteiger partial charge in [-0.3, -0.25) is 14.3 Å². The minimum Gasteiger partial charge on any atom is -0.379 e. The number of aromatic nitrogens is 4. The van der Waals surface area contributed by atoms with Gasteiger partial charge in [0.15, 0.2) is 0 Å². The first kappa shape index (κ1) is 31.4. The van der Waals surface area contributed by atoms with Gasteiger partial charge >= 0.3 is 0 Å². The highest BCUT2D eigenvalue weighted by atomic mass is 32.2. The summed E-state index contributed by atoms with van der Waals surface area (Å²) in [4.78, 5) is 27.0. The number of nitrogens with one attached hydrogen (secondary N) is 1. The molecule has 0 unspecified atom stereocenters. The summed E-state index contributed by atoms with van der Waals surface area (Å²) in [5.74, 6) is -0.777. The standard InChI is InChI=1S/C34H31N7O5S/c1-24-31(34(43)41(38(24)2)29-13-7-4-8-14-29)36-33(42)26(22-35)20-27-23-40(28-11-5-3-6-12-28)37-32(27)25-10-9-15-30(21-25)47(44,45)39-16-18-46-19-17-39/h3-15,20-21,23H,16-19H2,1-2H3,(H,36,42). The van der Waals surface area contributed by atoms with Crippen LogP contribution in [0.5, 0.6) is 0 Å². The maximum atomic E-state index is 13.5. The summed E-state index contributed by atoms with van der Waals surface area (Å²) in [7, 11) is -2.10. The molecule has 6 rings (SSSR count). The van der Waals surface area contributed by atoms with E-state index in [1.165, 1.54) is 27.2 Å². The Kier molecular flexibility index (Phi) is 8.73. The molecule has 0 spiro atoms. The average molecular weight is 650 g/mol. The zero-order valence-electron chi connectivity index (χ0n) is 25.7. The van der Waals surface area contributed by atoms with Crippen molar-refractivity contribution in [1.82, 2.24) is 23.4 Å². The van der Waals surface area contributed by atoms with Crippen molar-refractivity contribution < 1.29 is 17.9 Å². The van der Waals surface area contributed by atoms with E-state index in [1.807, 2.05) is 42.5 Å². The number of ether oxygens (including phenoxy) is 1. The summed E-state index contributed by atoms with van der Waals surface area (Å²) in [5, 5.41) is 17.5. The van der Waals surface area contributed by atoms with E-state index < -0.39 is 21.5 Å². The zero-order valence-corrected chi connectivity index (χ0v) is 26.5. The lowest BCUT2D eigenvalue weighted by molar-refractivity contribution is -0.112. The molecule has 47 heavy (non-hydrogen) atoms. The van der Waals surface area contributed by atoms with Crippen LogP contribution in [0.25, 0.3) is 28.7 Å². The molecule has 0 aliphatic carbocycles. The average Bonchev–Trinajstić information content (AvgIpc) is 3.62. The molecule has 1 saturated heterocycles. The highest BCUT2D eigenvalue weighted by Gasteiger charge is 2.27.